The molecule has 10 aliphatic rings. The SMILES string of the molecule is COC(=O)[C@@]1(C)CC[C@]2(C)CC[C@]3(C)C(=CC(=O)[C@@H]4[C@@]5(C)C=CC(=O)C(C)(C)[C@@H]5CC[C@]43C)[C@@H]2C1.COC(=O)[C@@]1(C)CC[C@]2(C)CC[C@]3(C)C(=CC(=O)[C@@H]4[C@@]5(C)C=CC(=O)C(C)(C)[C@@H]5CC[C@]43C)[C@@H]2C1. The van der Waals surface area contributed by atoms with Crippen LogP contribution in [0, 0.1) is 100 Å². The Hall–Kier alpha value is -3.42. The van der Waals surface area contributed by atoms with Gasteiger partial charge in [-0.2, -0.15) is 0 Å². The molecule has 6 saturated carbocycles. The Balaban J connectivity index is 0.000000174. The first kappa shape index (κ1) is 51.5. The van der Waals surface area contributed by atoms with Crippen molar-refractivity contribution in [3.63, 3.8) is 0 Å². The van der Waals surface area contributed by atoms with Crippen molar-refractivity contribution >= 4 is 35.1 Å². The summed E-state index contributed by atoms with van der Waals surface area (Å²) in [4.78, 5) is 79.7. The molecule has 0 aliphatic heterocycles. The number of ketones is 4. The number of carbonyl (C=O) groups excluding carboxylic acids is 6. The zero-order chi connectivity index (χ0) is 51.6. The summed E-state index contributed by atoms with van der Waals surface area (Å²) >= 11 is 0. The minimum atomic E-state index is -0.501. The van der Waals surface area contributed by atoms with Crippen molar-refractivity contribution in [3.8, 4) is 0 Å². The number of methoxy groups -OCH3 is 2. The molecule has 384 valence electrons. The van der Waals surface area contributed by atoms with E-state index >= 15 is 0 Å². The fraction of sp³-hybridized carbons (Fsp3) is 0.774. The molecule has 8 heteroatoms. The van der Waals surface area contributed by atoms with Crippen molar-refractivity contribution in [2.75, 3.05) is 14.2 Å². The molecule has 0 unspecified atom stereocenters. The summed E-state index contributed by atoms with van der Waals surface area (Å²) in [5, 5.41) is 0. The fourth-order valence-electron chi connectivity index (χ4n) is 19.8. The van der Waals surface area contributed by atoms with Crippen molar-refractivity contribution in [1.82, 2.24) is 0 Å². The second-order valence-electron chi connectivity index (χ2n) is 29.0. The van der Waals surface area contributed by atoms with Crippen LogP contribution in [0.15, 0.2) is 47.6 Å². The summed E-state index contributed by atoms with van der Waals surface area (Å²) in [6, 6.07) is 0. The molecule has 0 amide bonds. The van der Waals surface area contributed by atoms with Crippen LogP contribution in [0.2, 0.25) is 0 Å². The predicted molar refractivity (Wildman–Crippen MR) is 273 cm³/mol. The Morgan fingerprint density at radius 2 is 0.800 bits per heavy atom. The van der Waals surface area contributed by atoms with Gasteiger partial charge in [-0.05, 0) is 184 Å². The molecule has 0 spiro atoms. The van der Waals surface area contributed by atoms with Gasteiger partial charge in [-0.3, -0.25) is 28.8 Å². The number of esters is 2. The van der Waals surface area contributed by atoms with Crippen LogP contribution in [0.3, 0.4) is 0 Å². The van der Waals surface area contributed by atoms with Crippen LogP contribution in [-0.2, 0) is 38.2 Å². The lowest BCUT2D eigenvalue weighted by molar-refractivity contribution is -0.173. The number of rotatable bonds is 2. The summed E-state index contributed by atoms with van der Waals surface area (Å²) in [6.07, 6.45) is 25.2. The molecule has 70 heavy (non-hydrogen) atoms. The number of ether oxygens (including phenoxy) is 2. The topological polar surface area (TPSA) is 121 Å². The van der Waals surface area contributed by atoms with Crippen LogP contribution in [0.5, 0.6) is 0 Å². The van der Waals surface area contributed by atoms with E-state index in [1.54, 1.807) is 12.2 Å². The maximum atomic E-state index is 14.2. The molecule has 0 aromatic rings. The van der Waals surface area contributed by atoms with Gasteiger partial charge in [0.2, 0.25) is 0 Å². The average Bonchev–Trinajstić information content (AvgIpc) is 3.28. The predicted octanol–water partition coefficient (Wildman–Crippen LogP) is 13.0. The van der Waals surface area contributed by atoms with Gasteiger partial charge in [0.25, 0.3) is 0 Å². The zero-order valence-corrected chi connectivity index (χ0v) is 46.1. The second-order valence-corrected chi connectivity index (χ2v) is 29.0. The second kappa shape index (κ2) is 15.6. The molecule has 0 radical (unpaired) electrons. The molecule has 6 fully saturated rings. The third-order valence-corrected chi connectivity index (χ3v) is 25.1. The minimum absolute atomic E-state index is 0.0997. The van der Waals surface area contributed by atoms with E-state index in [2.05, 4.69) is 109 Å². The number of fused-ring (bicyclic) bond motifs is 14. The third-order valence-electron chi connectivity index (χ3n) is 25.1. The molecule has 0 saturated heterocycles. The molecule has 16 atom stereocenters. The molecule has 10 rings (SSSR count). The average molecular weight is 961 g/mol. The van der Waals surface area contributed by atoms with Gasteiger partial charge in [0.05, 0.1) is 25.0 Å². The van der Waals surface area contributed by atoms with E-state index in [9.17, 15) is 28.8 Å². The lowest BCUT2D eigenvalue weighted by Gasteiger charge is -2.69. The van der Waals surface area contributed by atoms with Crippen molar-refractivity contribution < 1.29 is 38.2 Å². The molecule has 0 aromatic heterocycles. The Labute approximate surface area is 420 Å². The summed E-state index contributed by atoms with van der Waals surface area (Å²) < 4.78 is 10.5. The molecule has 10 aliphatic carbocycles. The standard InChI is InChI=1S/2C31H44O4/c2*1-26(2)22-9-12-31(7)24(29(22,5)11-10-23(26)33)21(32)17-19-20-18-28(4,25(34)35-8)14-13-27(20,3)15-16-30(19,31)6/h2*10-11,17,20,22,24H,9,12-16,18H2,1-8H3/t2*20-,22-,24+,27+,28-,29-,30+,31+/m00/s1. The smallest absolute Gasteiger partial charge is 0.311 e. The van der Waals surface area contributed by atoms with E-state index in [-0.39, 0.29) is 114 Å². The highest BCUT2D eigenvalue weighted by Gasteiger charge is 2.72. The molecular weight excluding hydrogens is 873 g/mol. The van der Waals surface area contributed by atoms with Crippen LogP contribution in [-0.4, -0.2) is 49.3 Å². The maximum Gasteiger partial charge on any atom is 0.311 e. The van der Waals surface area contributed by atoms with Gasteiger partial charge in [0, 0.05) is 33.5 Å². The van der Waals surface area contributed by atoms with Crippen molar-refractivity contribution in [2.24, 2.45) is 100 Å². The van der Waals surface area contributed by atoms with E-state index in [1.807, 2.05) is 12.2 Å². The lowest BCUT2D eigenvalue weighted by Crippen LogP contribution is -2.65. The normalized spacial score (nSPS) is 50.3. The van der Waals surface area contributed by atoms with Crippen LogP contribution >= 0.6 is 0 Å². The Morgan fingerprint density at radius 1 is 0.471 bits per heavy atom. The summed E-state index contributed by atoms with van der Waals surface area (Å²) in [7, 11) is 2.98. The van der Waals surface area contributed by atoms with Gasteiger partial charge in [0.1, 0.15) is 0 Å². The molecule has 0 aromatic carbocycles. The number of hydrogen-bond donors (Lipinski definition) is 0. The molecule has 0 heterocycles. The van der Waals surface area contributed by atoms with Gasteiger partial charge in [-0.15, -0.1) is 0 Å². The van der Waals surface area contributed by atoms with Gasteiger partial charge in [0.15, 0.2) is 23.1 Å². The highest BCUT2D eigenvalue weighted by atomic mass is 16.5. The monoisotopic (exact) mass is 961 g/mol. The Kier molecular flexibility index (Phi) is 11.4. The largest absolute Gasteiger partial charge is 0.469 e. The number of allylic oxidation sites excluding steroid dienone is 8. The van der Waals surface area contributed by atoms with Crippen molar-refractivity contribution in [1.29, 1.82) is 0 Å². The molecular formula is C62H88O8. The van der Waals surface area contributed by atoms with Gasteiger partial charge in [-0.1, -0.05) is 106 Å². The first-order valence-electron chi connectivity index (χ1n) is 27.3. The van der Waals surface area contributed by atoms with Crippen molar-refractivity contribution in [2.45, 2.75) is 187 Å². The minimum Gasteiger partial charge on any atom is -0.469 e. The maximum absolute atomic E-state index is 14.2. The Bertz CT molecular complexity index is 2300. The quantitative estimate of drug-likeness (QED) is 0.251. The van der Waals surface area contributed by atoms with Gasteiger partial charge < -0.3 is 9.47 Å². The molecule has 0 bridgehead atoms. The summed E-state index contributed by atoms with van der Waals surface area (Å²) in [5.74, 6) is 1.09. The zero-order valence-electron chi connectivity index (χ0n) is 46.1. The number of hydrogen-bond acceptors (Lipinski definition) is 8. The molecule has 0 N–H and O–H groups in total. The van der Waals surface area contributed by atoms with Crippen molar-refractivity contribution in [3.05, 3.63) is 47.6 Å². The van der Waals surface area contributed by atoms with Crippen LogP contribution < -0.4 is 0 Å². The Morgan fingerprint density at radius 3 is 1.13 bits per heavy atom. The highest BCUT2D eigenvalue weighted by molar-refractivity contribution is 6.00. The van der Waals surface area contributed by atoms with E-state index in [0.717, 1.165) is 89.9 Å². The third kappa shape index (κ3) is 6.49. The first-order chi connectivity index (χ1) is 32.2. The van der Waals surface area contributed by atoms with Gasteiger partial charge in [-0.25, -0.2) is 0 Å². The van der Waals surface area contributed by atoms with E-state index in [1.165, 1.54) is 25.4 Å². The molecule has 8 nitrogen and oxygen atoms in total. The number of carbonyl (C=O) groups is 6. The fourth-order valence-corrected chi connectivity index (χ4v) is 19.8. The first-order valence-corrected chi connectivity index (χ1v) is 27.3. The summed E-state index contributed by atoms with van der Waals surface area (Å²) in [5.41, 5.74) is -0.316. The lowest BCUT2D eigenvalue weighted by atomic mass is 9.34. The van der Waals surface area contributed by atoms with Gasteiger partial charge >= 0.3 is 11.9 Å². The van der Waals surface area contributed by atoms with E-state index in [4.69, 9.17) is 9.47 Å². The van der Waals surface area contributed by atoms with E-state index < -0.39 is 21.7 Å². The van der Waals surface area contributed by atoms with Crippen LogP contribution in [0.1, 0.15) is 187 Å². The van der Waals surface area contributed by atoms with Crippen LogP contribution in [0.25, 0.3) is 0 Å². The van der Waals surface area contributed by atoms with E-state index in [0.29, 0.717) is 0 Å². The highest BCUT2D eigenvalue weighted by Crippen LogP contribution is 2.76. The summed E-state index contributed by atoms with van der Waals surface area (Å²) in [6.45, 7) is 31.2. The van der Waals surface area contributed by atoms with Crippen LogP contribution in [0.4, 0.5) is 0 Å².